The quantitative estimate of drug-likeness (QED) is 0.813. The van der Waals surface area contributed by atoms with Crippen LogP contribution in [-0.2, 0) is 11.2 Å². The number of benzene rings is 1. The van der Waals surface area contributed by atoms with E-state index >= 15 is 0 Å². The fraction of sp³-hybridized carbons (Fsp3) is 0.533. The lowest BCUT2D eigenvalue weighted by atomic mass is 10.1. The first-order valence-electron chi connectivity index (χ1n) is 6.66. The van der Waals surface area contributed by atoms with Crippen molar-refractivity contribution in [2.75, 3.05) is 12.9 Å². The zero-order chi connectivity index (χ0) is 15.1. The number of carbonyl (C=O) groups excluding carboxylic acids is 1. The highest BCUT2D eigenvalue weighted by Crippen LogP contribution is 2.17. The number of carbonyl (C=O) groups is 1. The van der Waals surface area contributed by atoms with Crippen LogP contribution in [0.2, 0.25) is 5.02 Å². The summed E-state index contributed by atoms with van der Waals surface area (Å²) in [6, 6.07) is 5.83. The average molecular weight is 316 g/mol. The van der Waals surface area contributed by atoms with Gasteiger partial charge in [-0.3, -0.25) is 4.79 Å². The number of aliphatic hydroxyl groups excluding tert-OH is 1. The van der Waals surface area contributed by atoms with Crippen molar-refractivity contribution in [2.45, 2.75) is 38.0 Å². The zero-order valence-corrected chi connectivity index (χ0v) is 13.7. The maximum atomic E-state index is 11.9. The molecule has 1 aromatic rings. The second-order valence-electron chi connectivity index (χ2n) is 4.90. The highest BCUT2D eigenvalue weighted by Gasteiger charge is 2.17. The molecule has 20 heavy (non-hydrogen) atoms. The Morgan fingerprint density at radius 1 is 1.50 bits per heavy atom. The van der Waals surface area contributed by atoms with Crippen molar-refractivity contribution >= 4 is 29.3 Å². The summed E-state index contributed by atoms with van der Waals surface area (Å²) in [6.07, 6.45) is 3.02. The molecule has 0 radical (unpaired) electrons. The molecule has 2 atom stereocenters. The number of aliphatic hydroxyl groups is 1. The third kappa shape index (κ3) is 5.35. The van der Waals surface area contributed by atoms with Crippen LogP contribution in [0.5, 0.6) is 0 Å². The lowest BCUT2D eigenvalue weighted by molar-refractivity contribution is -0.121. The van der Waals surface area contributed by atoms with Gasteiger partial charge in [-0.2, -0.15) is 11.8 Å². The second kappa shape index (κ2) is 8.55. The molecule has 5 heteroatoms. The Balaban J connectivity index is 2.45. The summed E-state index contributed by atoms with van der Waals surface area (Å²) in [5.41, 5.74) is 2.10. The van der Waals surface area contributed by atoms with Crippen molar-refractivity contribution in [1.82, 2.24) is 5.32 Å². The van der Waals surface area contributed by atoms with Gasteiger partial charge in [0.2, 0.25) is 5.91 Å². The molecule has 0 aliphatic carbocycles. The van der Waals surface area contributed by atoms with Crippen LogP contribution in [0, 0.1) is 6.92 Å². The van der Waals surface area contributed by atoms with Gasteiger partial charge in [-0.05, 0) is 43.7 Å². The number of hydrogen-bond donors (Lipinski definition) is 2. The van der Waals surface area contributed by atoms with Gasteiger partial charge >= 0.3 is 0 Å². The van der Waals surface area contributed by atoms with Crippen LogP contribution in [0.4, 0.5) is 0 Å². The second-order valence-corrected chi connectivity index (χ2v) is 6.38. The highest BCUT2D eigenvalue weighted by atomic mass is 35.5. The molecule has 2 unspecified atom stereocenters. The van der Waals surface area contributed by atoms with Crippen LogP contribution >= 0.6 is 23.4 Å². The van der Waals surface area contributed by atoms with E-state index in [2.05, 4.69) is 5.32 Å². The summed E-state index contributed by atoms with van der Waals surface area (Å²) in [6.45, 7) is 3.94. The molecule has 2 N–H and O–H groups in total. The van der Waals surface area contributed by atoms with Gasteiger partial charge < -0.3 is 10.4 Å². The molecule has 0 bridgehead atoms. The summed E-state index contributed by atoms with van der Waals surface area (Å²) in [5.74, 6) is 0.00157. The van der Waals surface area contributed by atoms with E-state index in [0.29, 0.717) is 12.8 Å². The standard InChI is InChI=1S/C15H22ClNO2S/c1-10-4-5-12(8-13(10)16)6-7-15(19)17-11(2)14(9-18)20-3/h4-5,8,11,14,18H,6-7,9H2,1-3H3,(H,17,19). The number of amides is 1. The molecule has 3 nitrogen and oxygen atoms in total. The van der Waals surface area contributed by atoms with Gasteiger partial charge in [0, 0.05) is 22.7 Å². The Kier molecular flexibility index (Phi) is 7.41. The van der Waals surface area contributed by atoms with E-state index in [0.717, 1.165) is 16.1 Å². The predicted octanol–water partition coefficient (Wildman–Crippen LogP) is 2.81. The van der Waals surface area contributed by atoms with Crippen LogP contribution in [0.3, 0.4) is 0 Å². The van der Waals surface area contributed by atoms with Crippen molar-refractivity contribution in [3.05, 3.63) is 34.3 Å². The molecule has 0 aliphatic heterocycles. The summed E-state index contributed by atoms with van der Waals surface area (Å²) in [7, 11) is 0. The van der Waals surface area contributed by atoms with Crippen LogP contribution in [0.25, 0.3) is 0 Å². The molecule has 1 amide bonds. The van der Waals surface area contributed by atoms with Crippen LogP contribution in [0.1, 0.15) is 24.5 Å². The smallest absolute Gasteiger partial charge is 0.220 e. The monoisotopic (exact) mass is 315 g/mol. The maximum absolute atomic E-state index is 11.9. The number of aryl methyl sites for hydroxylation is 2. The minimum Gasteiger partial charge on any atom is -0.395 e. The van der Waals surface area contributed by atoms with E-state index in [1.807, 2.05) is 38.3 Å². The zero-order valence-electron chi connectivity index (χ0n) is 12.1. The minimum absolute atomic E-state index is 0.00157. The van der Waals surface area contributed by atoms with Crippen molar-refractivity contribution in [2.24, 2.45) is 0 Å². The molecule has 0 aromatic heterocycles. The van der Waals surface area contributed by atoms with Gasteiger partial charge in [0.25, 0.3) is 0 Å². The first-order chi connectivity index (χ1) is 9.47. The third-order valence-electron chi connectivity index (χ3n) is 3.31. The van der Waals surface area contributed by atoms with Crippen molar-refractivity contribution < 1.29 is 9.90 Å². The molecule has 0 saturated carbocycles. The Labute approximate surface area is 130 Å². The first-order valence-corrected chi connectivity index (χ1v) is 8.32. The molecular formula is C15H22ClNO2S. The molecule has 112 valence electrons. The SMILES string of the molecule is CSC(CO)C(C)NC(=O)CCc1ccc(C)c(Cl)c1. The van der Waals surface area contributed by atoms with Gasteiger partial charge in [0.05, 0.1) is 6.61 Å². The molecule has 1 rings (SSSR count). The normalized spacial score (nSPS) is 13.8. The molecule has 0 fully saturated rings. The molecular weight excluding hydrogens is 294 g/mol. The van der Waals surface area contributed by atoms with Crippen molar-refractivity contribution in [3.8, 4) is 0 Å². The Hall–Kier alpha value is -0.710. The summed E-state index contributed by atoms with van der Waals surface area (Å²) >= 11 is 7.62. The molecule has 1 aromatic carbocycles. The summed E-state index contributed by atoms with van der Waals surface area (Å²) < 4.78 is 0. The number of nitrogens with one attached hydrogen (secondary N) is 1. The Morgan fingerprint density at radius 3 is 2.75 bits per heavy atom. The molecule has 0 spiro atoms. The number of rotatable bonds is 7. The molecule has 0 saturated heterocycles. The van der Waals surface area contributed by atoms with Crippen LogP contribution in [0.15, 0.2) is 18.2 Å². The van der Waals surface area contributed by atoms with E-state index in [4.69, 9.17) is 11.6 Å². The van der Waals surface area contributed by atoms with Crippen LogP contribution < -0.4 is 5.32 Å². The lowest BCUT2D eigenvalue weighted by Gasteiger charge is -2.21. The lowest BCUT2D eigenvalue weighted by Crippen LogP contribution is -2.41. The number of thioether (sulfide) groups is 1. The van der Waals surface area contributed by atoms with Crippen LogP contribution in [-0.4, -0.2) is 35.2 Å². The summed E-state index contributed by atoms with van der Waals surface area (Å²) in [4.78, 5) is 11.9. The Morgan fingerprint density at radius 2 is 2.20 bits per heavy atom. The van der Waals surface area contributed by atoms with E-state index in [1.54, 1.807) is 11.8 Å². The largest absolute Gasteiger partial charge is 0.395 e. The maximum Gasteiger partial charge on any atom is 0.220 e. The van der Waals surface area contributed by atoms with Gasteiger partial charge in [-0.25, -0.2) is 0 Å². The van der Waals surface area contributed by atoms with Gasteiger partial charge in [0.15, 0.2) is 0 Å². The Bertz CT molecular complexity index is 449. The first kappa shape index (κ1) is 17.3. The average Bonchev–Trinajstić information content (AvgIpc) is 2.41. The number of halogens is 1. The predicted molar refractivity (Wildman–Crippen MR) is 86.5 cm³/mol. The van der Waals surface area contributed by atoms with E-state index in [1.165, 1.54) is 0 Å². The fourth-order valence-electron chi connectivity index (χ4n) is 1.91. The summed E-state index contributed by atoms with van der Waals surface area (Å²) in [5, 5.41) is 12.9. The number of hydrogen-bond acceptors (Lipinski definition) is 3. The highest BCUT2D eigenvalue weighted by molar-refractivity contribution is 7.99. The van der Waals surface area contributed by atoms with E-state index in [9.17, 15) is 9.90 Å². The minimum atomic E-state index is -0.0379. The topological polar surface area (TPSA) is 49.3 Å². The van der Waals surface area contributed by atoms with E-state index in [-0.39, 0.29) is 23.8 Å². The van der Waals surface area contributed by atoms with Crippen molar-refractivity contribution in [3.63, 3.8) is 0 Å². The third-order valence-corrected chi connectivity index (χ3v) is 4.88. The van der Waals surface area contributed by atoms with E-state index < -0.39 is 0 Å². The van der Waals surface area contributed by atoms with Gasteiger partial charge in [-0.1, -0.05) is 23.7 Å². The van der Waals surface area contributed by atoms with Gasteiger partial charge in [-0.15, -0.1) is 0 Å². The molecule has 0 heterocycles. The fourth-order valence-corrected chi connectivity index (χ4v) is 2.73. The van der Waals surface area contributed by atoms with Crippen molar-refractivity contribution in [1.29, 1.82) is 0 Å². The van der Waals surface area contributed by atoms with Gasteiger partial charge in [0.1, 0.15) is 0 Å². The molecule has 0 aliphatic rings.